The molecular weight excluding hydrogens is 308 g/mol. The van der Waals surface area contributed by atoms with Crippen LogP contribution in [0.2, 0.25) is 0 Å². The number of nitrogens with one attached hydrogen (secondary N) is 2. The van der Waals surface area contributed by atoms with Gasteiger partial charge in [0.05, 0.1) is 0 Å². The van der Waals surface area contributed by atoms with Crippen molar-refractivity contribution in [2.24, 2.45) is 0 Å². The molecule has 0 aliphatic heterocycles. The van der Waals surface area contributed by atoms with Crippen LogP contribution in [-0.4, -0.2) is 38.4 Å². The SMILES string of the molecule is CNC(=O)c1cc(NC(=O)c2cccc(-n3ccnc3)n2)ccn1. The van der Waals surface area contributed by atoms with E-state index in [-0.39, 0.29) is 23.2 Å². The number of carbonyl (C=O) groups excluding carboxylic acids is 2. The number of aromatic nitrogens is 4. The third-order valence-corrected chi connectivity index (χ3v) is 3.21. The van der Waals surface area contributed by atoms with E-state index in [1.54, 1.807) is 47.6 Å². The van der Waals surface area contributed by atoms with Gasteiger partial charge < -0.3 is 10.6 Å². The van der Waals surface area contributed by atoms with E-state index in [9.17, 15) is 9.59 Å². The van der Waals surface area contributed by atoms with Crippen LogP contribution < -0.4 is 10.6 Å². The zero-order valence-electron chi connectivity index (χ0n) is 12.8. The van der Waals surface area contributed by atoms with Gasteiger partial charge in [-0.1, -0.05) is 6.07 Å². The molecule has 0 aliphatic carbocycles. The first-order chi connectivity index (χ1) is 11.7. The summed E-state index contributed by atoms with van der Waals surface area (Å²) in [7, 11) is 1.51. The fraction of sp³-hybridized carbons (Fsp3) is 0.0625. The highest BCUT2D eigenvalue weighted by Gasteiger charge is 2.11. The first-order valence-corrected chi connectivity index (χ1v) is 7.12. The Kier molecular flexibility index (Phi) is 4.28. The molecule has 0 radical (unpaired) electrons. The molecule has 8 heteroatoms. The summed E-state index contributed by atoms with van der Waals surface area (Å²) in [6.07, 6.45) is 6.42. The molecule has 3 aromatic rings. The summed E-state index contributed by atoms with van der Waals surface area (Å²) in [5, 5.41) is 5.19. The molecule has 0 saturated heterocycles. The van der Waals surface area contributed by atoms with E-state index >= 15 is 0 Å². The first kappa shape index (κ1) is 15.3. The standard InChI is InChI=1S/C16H14N6O2/c1-17-15(23)13-9-11(5-6-19-13)20-16(24)12-3-2-4-14(21-12)22-8-7-18-10-22/h2-10H,1H3,(H,17,23)(H,19,20,24). The lowest BCUT2D eigenvalue weighted by Gasteiger charge is -2.07. The maximum atomic E-state index is 12.4. The second kappa shape index (κ2) is 6.69. The Labute approximate surface area is 137 Å². The van der Waals surface area contributed by atoms with Gasteiger partial charge in [0, 0.05) is 31.3 Å². The van der Waals surface area contributed by atoms with E-state index in [0.717, 1.165) is 0 Å². The van der Waals surface area contributed by atoms with Crippen molar-refractivity contribution in [2.75, 3.05) is 12.4 Å². The molecule has 0 fully saturated rings. The number of hydrogen-bond acceptors (Lipinski definition) is 5. The monoisotopic (exact) mass is 322 g/mol. The normalized spacial score (nSPS) is 10.2. The summed E-state index contributed by atoms with van der Waals surface area (Å²) in [6, 6.07) is 8.21. The van der Waals surface area contributed by atoms with Crippen molar-refractivity contribution in [2.45, 2.75) is 0 Å². The average Bonchev–Trinajstić information content (AvgIpc) is 3.16. The number of pyridine rings is 2. The van der Waals surface area contributed by atoms with Crippen LogP contribution in [0.3, 0.4) is 0 Å². The summed E-state index contributed by atoms with van der Waals surface area (Å²) < 4.78 is 1.70. The molecule has 3 aromatic heterocycles. The van der Waals surface area contributed by atoms with E-state index in [0.29, 0.717) is 11.5 Å². The zero-order chi connectivity index (χ0) is 16.9. The molecule has 3 heterocycles. The number of nitrogens with zero attached hydrogens (tertiary/aromatic N) is 4. The van der Waals surface area contributed by atoms with Crippen LogP contribution in [0.25, 0.3) is 5.82 Å². The van der Waals surface area contributed by atoms with Crippen LogP contribution in [0.15, 0.2) is 55.2 Å². The summed E-state index contributed by atoms with van der Waals surface area (Å²) in [6.45, 7) is 0. The smallest absolute Gasteiger partial charge is 0.274 e. The average molecular weight is 322 g/mol. The second-order valence-electron chi connectivity index (χ2n) is 4.81. The van der Waals surface area contributed by atoms with E-state index < -0.39 is 0 Å². The van der Waals surface area contributed by atoms with Crippen molar-refractivity contribution in [1.82, 2.24) is 24.8 Å². The Morgan fingerprint density at radius 2 is 1.96 bits per heavy atom. The fourth-order valence-electron chi connectivity index (χ4n) is 2.04. The van der Waals surface area contributed by atoms with Gasteiger partial charge in [-0.3, -0.25) is 19.1 Å². The number of imidazole rings is 1. The molecule has 0 spiro atoms. The zero-order valence-corrected chi connectivity index (χ0v) is 12.8. The minimum Gasteiger partial charge on any atom is -0.354 e. The van der Waals surface area contributed by atoms with Crippen molar-refractivity contribution in [3.8, 4) is 5.82 Å². The van der Waals surface area contributed by atoms with E-state index in [4.69, 9.17) is 0 Å². The Bertz CT molecular complexity index is 876. The van der Waals surface area contributed by atoms with Crippen LogP contribution in [-0.2, 0) is 0 Å². The van der Waals surface area contributed by atoms with E-state index in [1.165, 1.54) is 19.3 Å². The number of hydrogen-bond donors (Lipinski definition) is 2. The highest BCUT2D eigenvalue weighted by molar-refractivity contribution is 6.03. The van der Waals surface area contributed by atoms with Crippen LogP contribution in [0, 0.1) is 0 Å². The molecule has 8 nitrogen and oxygen atoms in total. The number of amides is 2. The van der Waals surface area contributed by atoms with Crippen molar-refractivity contribution in [3.05, 3.63) is 66.6 Å². The summed E-state index contributed by atoms with van der Waals surface area (Å²) in [5.41, 5.74) is 0.929. The van der Waals surface area contributed by atoms with Gasteiger partial charge in [0.1, 0.15) is 23.5 Å². The second-order valence-corrected chi connectivity index (χ2v) is 4.81. The van der Waals surface area contributed by atoms with Gasteiger partial charge in [-0.25, -0.2) is 9.97 Å². The number of rotatable bonds is 4. The van der Waals surface area contributed by atoms with Crippen molar-refractivity contribution in [1.29, 1.82) is 0 Å². The third-order valence-electron chi connectivity index (χ3n) is 3.21. The first-order valence-electron chi connectivity index (χ1n) is 7.12. The maximum absolute atomic E-state index is 12.4. The lowest BCUT2D eigenvalue weighted by molar-refractivity contribution is 0.0956. The molecule has 0 atom stereocenters. The van der Waals surface area contributed by atoms with Gasteiger partial charge in [0.15, 0.2) is 0 Å². The van der Waals surface area contributed by atoms with Crippen molar-refractivity contribution >= 4 is 17.5 Å². The van der Waals surface area contributed by atoms with E-state index in [1.807, 2.05) is 0 Å². The van der Waals surface area contributed by atoms with Gasteiger partial charge in [-0.2, -0.15) is 0 Å². The molecule has 2 amide bonds. The molecule has 0 aliphatic rings. The molecule has 0 unspecified atom stereocenters. The lowest BCUT2D eigenvalue weighted by Crippen LogP contribution is -2.20. The molecule has 0 saturated carbocycles. The summed E-state index contributed by atoms with van der Waals surface area (Å²) in [4.78, 5) is 36.2. The lowest BCUT2D eigenvalue weighted by atomic mass is 10.2. The van der Waals surface area contributed by atoms with Crippen molar-refractivity contribution in [3.63, 3.8) is 0 Å². The molecule has 3 rings (SSSR count). The van der Waals surface area contributed by atoms with Gasteiger partial charge in [-0.15, -0.1) is 0 Å². The quantitative estimate of drug-likeness (QED) is 0.753. The highest BCUT2D eigenvalue weighted by atomic mass is 16.2. The molecule has 2 N–H and O–H groups in total. The number of anilines is 1. The Balaban J connectivity index is 1.81. The predicted octanol–water partition coefficient (Wildman–Crippen LogP) is 1.27. The molecule has 120 valence electrons. The van der Waals surface area contributed by atoms with Gasteiger partial charge >= 0.3 is 0 Å². The van der Waals surface area contributed by atoms with Crippen molar-refractivity contribution < 1.29 is 9.59 Å². The largest absolute Gasteiger partial charge is 0.354 e. The Hall–Kier alpha value is -3.55. The Morgan fingerprint density at radius 3 is 2.71 bits per heavy atom. The molecule has 0 aromatic carbocycles. The molecule has 24 heavy (non-hydrogen) atoms. The molecule has 0 bridgehead atoms. The topological polar surface area (TPSA) is 102 Å². The van der Waals surface area contributed by atoms with Crippen LogP contribution >= 0.6 is 0 Å². The van der Waals surface area contributed by atoms with Crippen LogP contribution in [0.1, 0.15) is 21.0 Å². The minimum atomic E-state index is -0.383. The van der Waals surface area contributed by atoms with Crippen LogP contribution in [0.4, 0.5) is 5.69 Å². The van der Waals surface area contributed by atoms with Gasteiger partial charge in [0.25, 0.3) is 11.8 Å². The fourth-order valence-corrected chi connectivity index (χ4v) is 2.04. The molecular formula is C16H14N6O2. The Morgan fingerprint density at radius 1 is 1.08 bits per heavy atom. The third kappa shape index (κ3) is 3.27. The van der Waals surface area contributed by atoms with Gasteiger partial charge in [-0.05, 0) is 24.3 Å². The number of carbonyl (C=O) groups is 2. The minimum absolute atomic E-state index is 0.218. The van der Waals surface area contributed by atoms with E-state index in [2.05, 4.69) is 25.6 Å². The maximum Gasteiger partial charge on any atom is 0.274 e. The highest BCUT2D eigenvalue weighted by Crippen LogP contribution is 2.11. The van der Waals surface area contributed by atoms with Gasteiger partial charge in [0.2, 0.25) is 0 Å². The predicted molar refractivity (Wildman–Crippen MR) is 86.9 cm³/mol. The summed E-state index contributed by atoms with van der Waals surface area (Å²) in [5.74, 6) is -0.127. The van der Waals surface area contributed by atoms with Crippen LogP contribution in [0.5, 0.6) is 0 Å². The summed E-state index contributed by atoms with van der Waals surface area (Å²) >= 11 is 0.